The molecule has 0 aliphatic heterocycles. The van der Waals surface area contributed by atoms with E-state index in [0.717, 1.165) is 22.8 Å². The average Bonchev–Trinajstić information content (AvgIpc) is 2.43. The minimum absolute atomic E-state index is 0.0744. The van der Waals surface area contributed by atoms with Crippen LogP contribution in [0.1, 0.15) is 11.1 Å². The molecule has 21 heavy (non-hydrogen) atoms. The van der Waals surface area contributed by atoms with Crippen LogP contribution >= 0.6 is 0 Å². The number of phenols is 2. The van der Waals surface area contributed by atoms with Gasteiger partial charge in [-0.05, 0) is 36.6 Å². The van der Waals surface area contributed by atoms with Crippen molar-refractivity contribution in [2.75, 3.05) is 0 Å². The third kappa shape index (κ3) is 2.14. The first kappa shape index (κ1) is 13.2. The second kappa shape index (κ2) is 4.66. The van der Waals surface area contributed by atoms with Crippen molar-refractivity contribution < 1.29 is 14.6 Å². The Morgan fingerprint density at radius 2 is 1.76 bits per heavy atom. The summed E-state index contributed by atoms with van der Waals surface area (Å²) in [5, 5.41) is 19.4. The van der Waals surface area contributed by atoms with Crippen LogP contribution in [0.2, 0.25) is 0 Å². The van der Waals surface area contributed by atoms with E-state index in [1.807, 2.05) is 32.0 Å². The van der Waals surface area contributed by atoms with Crippen molar-refractivity contribution in [2.45, 2.75) is 13.8 Å². The molecule has 1 aromatic heterocycles. The highest BCUT2D eigenvalue weighted by atomic mass is 16.3. The third-order valence-corrected chi connectivity index (χ3v) is 3.66. The lowest BCUT2D eigenvalue weighted by Crippen LogP contribution is -2.05. The number of phenolic OH excluding ortho intramolecular Hbond substituents is 2. The van der Waals surface area contributed by atoms with E-state index in [2.05, 4.69) is 0 Å². The van der Waals surface area contributed by atoms with Gasteiger partial charge in [-0.3, -0.25) is 4.79 Å². The van der Waals surface area contributed by atoms with Crippen LogP contribution in [0, 0.1) is 13.8 Å². The van der Waals surface area contributed by atoms with Gasteiger partial charge < -0.3 is 14.6 Å². The summed E-state index contributed by atoms with van der Waals surface area (Å²) < 4.78 is 5.37. The summed E-state index contributed by atoms with van der Waals surface area (Å²) in [5.74, 6) is -0.432. The minimum Gasteiger partial charge on any atom is -0.508 e. The van der Waals surface area contributed by atoms with Crippen molar-refractivity contribution in [3.63, 3.8) is 0 Å². The lowest BCUT2D eigenvalue weighted by molar-refractivity contribution is 0.444. The van der Waals surface area contributed by atoms with Gasteiger partial charge in [0.05, 0.1) is 10.9 Å². The lowest BCUT2D eigenvalue weighted by Gasteiger charge is -2.07. The zero-order valence-corrected chi connectivity index (χ0v) is 11.7. The fourth-order valence-electron chi connectivity index (χ4n) is 2.32. The highest BCUT2D eigenvalue weighted by Gasteiger charge is 2.13. The van der Waals surface area contributed by atoms with Gasteiger partial charge in [0.25, 0.3) is 0 Å². The minimum atomic E-state index is -0.286. The molecule has 0 amide bonds. The predicted molar refractivity (Wildman–Crippen MR) is 80.7 cm³/mol. The molecule has 0 fully saturated rings. The second-order valence-corrected chi connectivity index (χ2v) is 5.12. The van der Waals surface area contributed by atoms with Gasteiger partial charge in [0, 0.05) is 6.07 Å². The SMILES string of the molecule is Cc1ccc(-c2coc3c(O)cc(O)cc3c2=O)cc1C. The average molecular weight is 282 g/mol. The molecular weight excluding hydrogens is 268 g/mol. The standard InChI is InChI=1S/C17H14O4/c1-9-3-4-11(5-10(9)2)14-8-21-17-13(16(14)20)6-12(18)7-15(17)19/h3-8,18-19H,1-2H3. The van der Waals surface area contributed by atoms with Crippen molar-refractivity contribution in [3.05, 3.63) is 57.9 Å². The van der Waals surface area contributed by atoms with Gasteiger partial charge in [-0.2, -0.15) is 0 Å². The number of hydrogen-bond donors (Lipinski definition) is 2. The molecule has 0 bridgehead atoms. The molecule has 0 unspecified atom stereocenters. The molecular formula is C17H14O4. The third-order valence-electron chi connectivity index (χ3n) is 3.66. The maximum absolute atomic E-state index is 12.5. The quantitative estimate of drug-likeness (QED) is 0.716. The zero-order valence-electron chi connectivity index (χ0n) is 11.7. The molecule has 0 aliphatic carbocycles. The Labute approximate surface area is 120 Å². The summed E-state index contributed by atoms with van der Waals surface area (Å²) in [6, 6.07) is 8.14. The van der Waals surface area contributed by atoms with E-state index in [0.29, 0.717) is 5.56 Å². The van der Waals surface area contributed by atoms with Gasteiger partial charge in [-0.1, -0.05) is 18.2 Å². The lowest BCUT2D eigenvalue weighted by atomic mass is 10.0. The maximum Gasteiger partial charge on any atom is 0.200 e. The number of fused-ring (bicyclic) bond motifs is 1. The molecule has 0 saturated heterocycles. The Balaban J connectivity index is 2.32. The largest absolute Gasteiger partial charge is 0.508 e. The molecule has 0 atom stereocenters. The van der Waals surface area contributed by atoms with Crippen LogP contribution in [-0.4, -0.2) is 10.2 Å². The number of rotatable bonds is 1. The Morgan fingerprint density at radius 3 is 2.48 bits per heavy atom. The zero-order chi connectivity index (χ0) is 15.1. The van der Waals surface area contributed by atoms with Crippen molar-refractivity contribution in [3.8, 4) is 22.6 Å². The summed E-state index contributed by atoms with van der Waals surface area (Å²) in [6.45, 7) is 3.97. The van der Waals surface area contributed by atoms with Crippen molar-refractivity contribution in [1.29, 1.82) is 0 Å². The van der Waals surface area contributed by atoms with Crippen LogP contribution in [-0.2, 0) is 0 Å². The molecule has 2 N–H and O–H groups in total. The molecule has 3 rings (SSSR count). The highest BCUT2D eigenvalue weighted by molar-refractivity contribution is 5.87. The van der Waals surface area contributed by atoms with Crippen LogP contribution in [0.5, 0.6) is 11.5 Å². The maximum atomic E-state index is 12.5. The second-order valence-electron chi connectivity index (χ2n) is 5.12. The van der Waals surface area contributed by atoms with Crippen molar-refractivity contribution in [2.24, 2.45) is 0 Å². The Kier molecular flexibility index (Phi) is 2.94. The van der Waals surface area contributed by atoms with Crippen LogP contribution in [0.15, 0.2) is 45.8 Å². The summed E-state index contributed by atoms with van der Waals surface area (Å²) in [4.78, 5) is 12.5. The first-order valence-corrected chi connectivity index (χ1v) is 6.52. The number of benzene rings is 2. The normalized spacial score (nSPS) is 11.0. The Hall–Kier alpha value is -2.75. The van der Waals surface area contributed by atoms with Crippen LogP contribution in [0.3, 0.4) is 0 Å². The van der Waals surface area contributed by atoms with E-state index < -0.39 is 0 Å². The van der Waals surface area contributed by atoms with Gasteiger partial charge in [-0.15, -0.1) is 0 Å². The van der Waals surface area contributed by atoms with Crippen molar-refractivity contribution in [1.82, 2.24) is 0 Å². The molecule has 0 radical (unpaired) electrons. The first-order chi connectivity index (χ1) is 9.97. The predicted octanol–water partition coefficient (Wildman–Crippen LogP) is 3.49. The number of hydrogen-bond acceptors (Lipinski definition) is 4. The van der Waals surface area contributed by atoms with E-state index in [1.54, 1.807) is 0 Å². The van der Waals surface area contributed by atoms with Crippen LogP contribution in [0.25, 0.3) is 22.1 Å². The van der Waals surface area contributed by atoms with E-state index in [9.17, 15) is 15.0 Å². The molecule has 0 saturated carbocycles. The molecule has 4 nitrogen and oxygen atoms in total. The fraction of sp³-hybridized carbons (Fsp3) is 0.118. The van der Waals surface area contributed by atoms with Gasteiger partial charge in [0.2, 0.25) is 5.43 Å². The number of aromatic hydroxyl groups is 2. The molecule has 4 heteroatoms. The smallest absolute Gasteiger partial charge is 0.200 e. The van der Waals surface area contributed by atoms with Gasteiger partial charge in [0.1, 0.15) is 12.0 Å². The molecule has 2 aromatic carbocycles. The highest BCUT2D eigenvalue weighted by Crippen LogP contribution is 2.30. The van der Waals surface area contributed by atoms with Gasteiger partial charge >= 0.3 is 0 Å². The van der Waals surface area contributed by atoms with Gasteiger partial charge in [0.15, 0.2) is 11.3 Å². The topological polar surface area (TPSA) is 70.7 Å². The molecule has 0 aliphatic rings. The molecule has 3 aromatic rings. The summed E-state index contributed by atoms with van der Waals surface area (Å²) in [7, 11) is 0. The van der Waals surface area contributed by atoms with Crippen molar-refractivity contribution >= 4 is 11.0 Å². The monoisotopic (exact) mass is 282 g/mol. The van der Waals surface area contributed by atoms with E-state index in [1.165, 1.54) is 12.3 Å². The molecule has 0 spiro atoms. The van der Waals surface area contributed by atoms with Crippen LogP contribution in [0.4, 0.5) is 0 Å². The summed E-state index contributed by atoms with van der Waals surface area (Å²) in [6.07, 6.45) is 1.34. The van der Waals surface area contributed by atoms with Crippen LogP contribution < -0.4 is 5.43 Å². The number of aryl methyl sites for hydroxylation is 2. The summed E-state index contributed by atoms with van der Waals surface area (Å²) in [5.41, 5.74) is 3.15. The Bertz CT molecular complexity index is 907. The van der Waals surface area contributed by atoms with E-state index >= 15 is 0 Å². The van der Waals surface area contributed by atoms with E-state index in [4.69, 9.17) is 4.42 Å². The van der Waals surface area contributed by atoms with Gasteiger partial charge in [-0.25, -0.2) is 0 Å². The molecule has 1 heterocycles. The Morgan fingerprint density at radius 1 is 1.00 bits per heavy atom. The summed E-state index contributed by atoms with van der Waals surface area (Å²) >= 11 is 0. The first-order valence-electron chi connectivity index (χ1n) is 6.52. The molecule has 106 valence electrons. The fourth-order valence-corrected chi connectivity index (χ4v) is 2.32. The van der Waals surface area contributed by atoms with E-state index in [-0.39, 0.29) is 27.9 Å².